The van der Waals surface area contributed by atoms with Crippen LogP contribution in [-0.4, -0.2) is 10.9 Å². The van der Waals surface area contributed by atoms with Crippen LogP contribution >= 0.6 is 11.6 Å². The van der Waals surface area contributed by atoms with E-state index < -0.39 is 0 Å². The predicted molar refractivity (Wildman–Crippen MR) is 103 cm³/mol. The molecule has 0 spiro atoms. The number of rotatable bonds is 4. The number of pyridine rings is 1. The molecule has 5 nitrogen and oxygen atoms in total. The normalized spacial score (nSPS) is 10.0. The van der Waals surface area contributed by atoms with Crippen molar-refractivity contribution in [2.24, 2.45) is 0 Å². The fourth-order valence-corrected chi connectivity index (χ4v) is 2.62. The lowest BCUT2D eigenvalue weighted by molar-refractivity contribution is 0.102. The first kappa shape index (κ1) is 17.5. The number of aryl methyl sites for hydroxylation is 1. The van der Waals surface area contributed by atoms with Gasteiger partial charge in [-0.05, 0) is 61.0 Å². The second kappa shape index (κ2) is 7.68. The van der Waals surface area contributed by atoms with Crippen molar-refractivity contribution in [2.75, 3.05) is 10.6 Å². The number of amides is 1. The number of nitrogens with one attached hydrogen (secondary N) is 2. The Morgan fingerprint density at radius 2 is 1.96 bits per heavy atom. The summed E-state index contributed by atoms with van der Waals surface area (Å²) in [6.07, 6.45) is 1.57. The van der Waals surface area contributed by atoms with Crippen LogP contribution in [0.25, 0.3) is 0 Å². The van der Waals surface area contributed by atoms with E-state index >= 15 is 0 Å². The Morgan fingerprint density at radius 3 is 2.65 bits per heavy atom. The minimum absolute atomic E-state index is 0.298. The van der Waals surface area contributed by atoms with Crippen LogP contribution in [0.4, 0.5) is 17.1 Å². The number of aromatic nitrogens is 1. The molecule has 0 saturated heterocycles. The number of benzene rings is 2. The summed E-state index contributed by atoms with van der Waals surface area (Å²) in [6, 6.07) is 17.9. The molecule has 0 aliphatic heterocycles. The maximum absolute atomic E-state index is 12.3. The van der Waals surface area contributed by atoms with Crippen molar-refractivity contribution in [3.05, 3.63) is 82.6 Å². The number of anilines is 3. The second-order valence-electron chi connectivity index (χ2n) is 5.66. The van der Waals surface area contributed by atoms with Crippen LogP contribution in [-0.2, 0) is 0 Å². The van der Waals surface area contributed by atoms with Crippen LogP contribution in [0.1, 0.15) is 21.6 Å². The standard InChI is InChI=1S/C20H15ClN4O/c1-13-9-15(21)5-7-18(13)25-20(26)19-8-6-17(12-23-19)24-16-4-2-3-14(10-16)11-22/h2-10,12,24H,1H3,(H,25,26). The smallest absolute Gasteiger partial charge is 0.274 e. The Hall–Kier alpha value is -3.36. The molecule has 0 atom stereocenters. The Kier molecular flexibility index (Phi) is 5.16. The summed E-state index contributed by atoms with van der Waals surface area (Å²) in [4.78, 5) is 16.5. The van der Waals surface area contributed by atoms with Crippen molar-refractivity contribution in [1.82, 2.24) is 4.98 Å². The van der Waals surface area contributed by atoms with E-state index in [-0.39, 0.29) is 5.91 Å². The minimum atomic E-state index is -0.298. The lowest BCUT2D eigenvalue weighted by Crippen LogP contribution is -2.14. The van der Waals surface area contributed by atoms with E-state index in [4.69, 9.17) is 16.9 Å². The maximum Gasteiger partial charge on any atom is 0.274 e. The van der Waals surface area contributed by atoms with Crippen LogP contribution in [0.3, 0.4) is 0 Å². The first-order valence-corrected chi connectivity index (χ1v) is 8.24. The molecule has 0 aliphatic rings. The molecule has 2 aromatic carbocycles. The topological polar surface area (TPSA) is 77.8 Å². The summed E-state index contributed by atoms with van der Waals surface area (Å²) in [5.41, 5.74) is 3.94. The van der Waals surface area contributed by atoms with Gasteiger partial charge in [0.1, 0.15) is 5.69 Å². The van der Waals surface area contributed by atoms with Gasteiger partial charge in [0.15, 0.2) is 0 Å². The van der Waals surface area contributed by atoms with Gasteiger partial charge in [0.25, 0.3) is 5.91 Å². The number of carbonyl (C=O) groups is 1. The zero-order chi connectivity index (χ0) is 18.5. The van der Waals surface area contributed by atoms with Crippen molar-refractivity contribution in [3.63, 3.8) is 0 Å². The molecule has 2 N–H and O–H groups in total. The SMILES string of the molecule is Cc1cc(Cl)ccc1NC(=O)c1ccc(Nc2cccc(C#N)c2)cn1. The highest BCUT2D eigenvalue weighted by Gasteiger charge is 2.09. The third-order valence-corrected chi connectivity index (χ3v) is 3.95. The highest BCUT2D eigenvalue weighted by Crippen LogP contribution is 2.21. The summed E-state index contributed by atoms with van der Waals surface area (Å²) in [6.45, 7) is 1.87. The molecule has 0 aliphatic carbocycles. The first-order chi connectivity index (χ1) is 12.5. The highest BCUT2D eigenvalue weighted by atomic mass is 35.5. The molecular formula is C20H15ClN4O. The number of hydrogen-bond acceptors (Lipinski definition) is 4. The lowest BCUT2D eigenvalue weighted by Gasteiger charge is -2.09. The van der Waals surface area contributed by atoms with E-state index in [0.717, 1.165) is 16.9 Å². The fraction of sp³-hybridized carbons (Fsp3) is 0.0500. The number of nitriles is 1. The van der Waals surface area contributed by atoms with E-state index in [2.05, 4.69) is 21.7 Å². The van der Waals surface area contributed by atoms with Crippen molar-refractivity contribution >= 4 is 34.6 Å². The van der Waals surface area contributed by atoms with E-state index in [0.29, 0.717) is 22.0 Å². The van der Waals surface area contributed by atoms with Gasteiger partial charge < -0.3 is 10.6 Å². The van der Waals surface area contributed by atoms with Crippen molar-refractivity contribution < 1.29 is 4.79 Å². The van der Waals surface area contributed by atoms with Gasteiger partial charge in [-0.1, -0.05) is 17.7 Å². The van der Waals surface area contributed by atoms with Crippen LogP contribution in [0, 0.1) is 18.3 Å². The molecule has 26 heavy (non-hydrogen) atoms. The van der Waals surface area contributed by atoms with Gasteiger partial charge in [-0.25, -0.2) is 4.98 Å². The van der Waals surface area contributed by atoms with Crippen LogP contribution in [0.15, 0.2) is 60.8 Å². The number of carbonyl (C=O) groups excluding carboxylic acids is 1. The van der Waals surface area contributed by atoms with Gasteiger partial charge in [-0.15, -0.1) is 0 Å². The Labute approximate surface area is 156 Å². The molecule has 1 amide bonds. The molecule has 0 bridgehead atoms. The first-order valence-electron chi connectivity index (χ1n) is 7.86. The van der Waals surface area contributed by atoms with Gasteiger partial charge >= 0.3 is 0 Å². The summed E-state index contributed by atoms with van der Waals surface area (Å²) < 4.78 is 0. The average molecular weight is 363 g/mol. The summed E-state index contributed by atoms with van der Waals surface area (Å²) in [7, 11) is 0. The van der Waals surface area contributed by atoms with Gasteiger partial charge in [0.2, 0.25) is 0 Å². The number of nitrogens with zero attached hydrogens (tertiary/aromatic N) is 2. The molecular weight excluding hydrogens is 348 g/mol. The third kappa shape index (κ3) is 4.18. The molecule has 1 aromatic heterocycles. The Balaban J connectivity index is 1.70. The van der Waals surface area contributed by atoms with E-state index in [1.54, 1.807) is 54.7 Å². The molecule has 0 saturated carbocycles. The van der Waals surface area contributed by atoms with Crippen molar-refractivity contribution in [1.29, 1.82) is 5.26 Å². The molecule has 1 heterocycles. The predicted octanol–water partition coefficient (Wildman–Crippen LogP) is 4.91. The van der Waals surface area contributed by atoms with E-state index in [1.807, 2.05) is 13.0 Å². The van der Waals surface area contributed by atoms with Crippen LogP contribution < -0.4 is 10.6 Å². The Bertz CT molecular complexity index is 993. The van der Waals surface area contributed by atoms with Gasteiger partial charge in [0.05, 0.1) is 23.5 Å². The number of halogens is 1. The van der Waals surface area contributed by atoms with Crippen molar-refractivity contribution in [2.45, 2.75) is 6.92 Å². The molecule has 0 unspecified atom stereocenters. The van der Waals surface area contributed by atoms with Crippen LogP contribution in [0.5, 0.6) is 0 Å². The molecule has 6 heteroatoms. The maximum atomic E-state index is 12.3. The third-order valence-electron chi connectivity index (χ3n) is 3.71. The summed E-state index contributed by atoms with van der Waals surface area (Å²) >= 11 is 5.92. The van der Waals surface area contributed by atoms with E-state index in [1.165, 1.54) is 0 Å². The Morgan fingerprint density at radius 1 is 1.12 bits per heavy atom. The fourth-order valence-electron chi connectivity index (χ4n) is 2.39. The summed E-state index contributed by atoms with van der Waals surface area (Å²) in [5.74, 6) is -0.298. The second-order valence-corrected chi connectivity index (χ2v) is 6.10. The van der Waals surface area contributed by atoms with Crippen LogP contribution in [0.2, 0.25) is 5.02 Å². The largest absolute Gasteiger partial charge is 0.354 e. The molecule has 128 valence electrons. The zero-order valence-electron chi connectivity index (χ0n) is 14.0. The summed E-state index contributed by atoms with van der Waals surface area (Å²) in [5, 5.41) is 15.5. The minimum Gasteiger partial charge on any atom is -0.354 e. The molecule has 3 rings (SSSR count). The monoisotopic (exact) mass is 362 g/mol. The lowest BCUT2D eigenvalue weighted by atomic mass is 10.2. The quantitative estimate of drug-likeness (QED) is 0.691. The average Bonchev–Trinajstić information content (AvgIpc) is 2.64. The van der Waals surface area contributed by atoms with E-state index in [9.17, 15) is 4.79 Å². The van der Waals surface area contributed by atoms with Gasteiger partial charge in [-0.2, -0.15) is 5.26 Å². The molecule has 0 radical (unpaired) electrons. The van der Waals surface area contributed by atoms with Crippen molar-refractivity contribution in [3.8, 4) is 6.07 Å². The molecule has 3 aromatic rings. The van der Waals surface area contributed by atoms with Gasteiger partial charge in [0, 0.05) is 16.4 Å². The zero-order valence-corrected chi connectivity index (χ0v) is 14.7. The van der Waals surface area contributed by atoms with Gasteiger partial charge in [-0.3, -0.25) is 4.79 Å². The highest BCUT2D eigenvalue weighted by molar-refractivity contribution is 6.30. The number of hydrogen-bond donors (Lipinski definition) is 2. The molecule has 0 fully saturated rings.